The van der Waals surface area contributed by atoms with Crippen molar-refractivity contribution in [2.24, 2.45) is 5.92 Å². The third-order valence-corrected chi connectivity index (χ3v) is 6.64. The van der Waals surface area contributed by atoms with E-state index in [1.165, 1.54) is 5.56 Å². The zero-order valence-corrected chi connectivity index (χ0v) is 17.8. The number of benzene rings is 1. The lowest BCUT2D eigenvalue weighted by Crippen LogP contribution is -2.43. The highest BCUT2D eigenvalue weighted by molar-refractivity contribution is 5.94. The van der Waals surface area contributed by atoms with Crippen LogP contribution in [0.25, 0.3) is 0 Å². The lowest BCUT2D eigenvalue weighted by atomic mass is 9.87. The van der Waals surface area contributed by atoms with Crippen molar-refractivity contribution in [3.8, 4) is 0 Å². The number of piperidine rings is 1. The van der Waals surface area contributed by atoms with Gasteiger partial charge in [-0.25, -0.2) is 4.98 Å². The summed E-state index contributed by atoms with van der Waals surface area (Å²) in [7, 11) is 0. The van der Waals surface area contributed by atoms with Crippen LogP contribution in [0.1, 0.15) is 47.1 Å². The molecule has 0 N–H and O–H groups in total. The summed E-state index contributed by atoms with van der Waals surface area (Å²) < 4.78 is 2.25. The second-order valence-electron chi connectivity index (χ2n) is 8.62. The molecule has 0 saturated carbocycles. The van der Waals surface area contributed by atoms with E-state index in [1.807, 2.05) is 18.3 Å². The van der Waals surface area contributed by atoms with Crippen molar-refractivity contribution in [2.45, 2.75) is 38.4 Å². The number of aryl methyl sites for hydroxylation is 1. The van der Waals surface area contributed by atoms with E-state index in [-0.39, 0.29) is 11.9 Å². The first-order chi connectivity index (χ1) is 15.3. The smallest absolute Gasteiger partial charge is 0.256 e. The summed E-state index contributed by atoms with van der Waals surface area (Å²) in [5, 5.41) is 0. The molecule has 1 fully saturated rings. The van der Waals surface area contributed by atoms with Crippen LogP contribution in [-0.2, 0) is 13.1 Å². The normalized spacial score (nSPS) is 20.3. The molecule has 5 rings (SSSR count). The summed E-state index contributed by atoms with van der Waals surface area (Å²) in [4.78, 5) is 27.0. The van der Waals surface area contributed by atoms with Gasteiger partial charge in [-0.05, 0) is 56.0 Å². The Kier molecular flexibility index (Phi) is 5.80. The minimum atomic E-state index is 0.0177. The summed E-state index contributed by atoms with van der Waals surface area (Å²) >= 11 is 0. The van der Waals surface area contributed by atoms with Crippen molar-refractivity contribution in [3.63, 3.8) is 0 Å². The highest BCUT2D eigenvalue weighted by Gasteiger charge is 2.38. The Morgan fingerprint density at radius 3 is 2.58 bits per heavy atom. The van der Waals surface area contributed by atoms with Gasteiger partial charge < -0.3 is 9.47 Å². The molecule has 2 aliphatic rings. The Morgan fingerprint density at radius 1 is 0.968 bits per heavy atom. The maximum absolute atomic E-state index is 13.5. The number of hydrogen-bond donors (Lipinski definition) is 0. The van der Waals surface area contributed by atoms with Crippen LogP contribution in [-0.4, -0.2) is 49.9 Å². The number of rotatable bonds is 4. The predicted octanol–water partition coefficient (Wildman–Crippen LogP) is 3.78. The molecule has 1 unspecified atom stereocenters. The van der Waals surface area contributed by atoms with Crippen LogP contribution in [0.4, 0.5) is 0 Å². The summed E-state index contributed by atoms with van der Waals surface area (Å²) in [6.45, 7) is 4.75. The molecular weight excluding hydrogens is 386 g/mol. The van der Waals surface area contributed by atoms with Crippen LogP contribution in [0.3, 0.4) is 0 Å². The third kappa shape index (κ3) is 4.26. The molecule has 2 aliphatic heterocycles. The van der Waals surface area contributed by atoms with Gasteiger partial charge in [-0.2, -0.15) is 0 Å². The fourth-order valence-corrected chi connectivity index (χ4v) is 5.08. The Labute approximate surface area is 183 Å². The zero-order chi connectivity index (χ0) is 21.0. The average molecular weight is 416 g/mol. The Balaban J connectivity index is 1.36. The molecule has 3 aromatic rings. The minimum absolute atomic E-state index is 0.0177. The SMILES string of the molecule is O=C(c1cccnc1)N1CCCn2ccnc2C1C1CCN(Cc2ccccc2)CC1. The molecule has 160 valence electrons. The van der Waals surface area contributed by atoms with Gasteiger partial charge in [0.2, 0.25) is 0 Å². The lowest BCUT2D eigenvalue weighted by Gasteiger charge is -2.40. The number of aromatic nitrogens is 3. The Hall–Kier alpha value is -2.99. The van der Waals surface area contributed by atoms with Crippen LogP contribution in [0.2, 0.25) is 0 Å². The van der Waals surface area contributed by atoms with Crippen molar-refractivity contribution >= 4 is 5.91 Å². The third-order valence-electron chi connectivity index (χ3n) is 6.64. The Bertz CT molecular complexity index is 995. The maximum Gasteiger partial charge on any atom is 0.256 e. The number of pyridine rings is 1. The number of imidazole rings is 1. The summed E-state index contributed by atoms with van der Waals surface area (Å²) in [6.07, 6.45) is 10.4. The number of carbonyl (C=O) groups excluding carboxylic acids is 1. The standard InChI is InChI=1S/C25H29N5O/c31-25(22-8-4-11-26-18-22)30-14-5-13-29-17-12-27-24(29)23(30)21-9-15-28(16-10-21)19-20-6-2-1-3-7-20/h1-4,6-8,11-12,17-18,21,23H,5,9-10,13-16,19H2. The van der Waals surface area contributed by atoms with E-state index in [9.17, 15) is 4.79 Å². The van der Waals surface area contributed by atoms with Crippen LogP contribution >= 0.6 is 0 Å². The van der Waals surface area contributed by atoms with Crippen LogP contribution in [0.15, 0.2) is 67.3 Å². The number of nitrogens with zero attached hydrogens (tertiary/aromatic N) is 5. The van der Waals surface area contributed by atoms with E-state index in [0.717, 1.165) is 57.8 Å². The topological polar surface area (TPSA) is 54.3 Å². The van der Waals surface area contributed by atoms with Gasteiger partial charge in [0.25, 0.3) is 5.91 Å². The number of fused-ring (bicyclic) bond motifs is 1. The second kappa shape index (κ2) is 9.02. The molecule has 0 radical (unpaired) electrons. The van der Waals surface area contributed by atoms with Crippen LogP contribution in [0, 0.1) is 5.92 Å². The van der Waals surface area contributed by atoms with Crippen molar-refractivity contribution in [2.75, 3.05) is 19.6 Å². The number of amides is 1. The van der Waals surface area contributed by atoms with Crippen LogP contribution < -0.4 is 0 Å². The molecule has 6 nitrogen and oxygen atoms in total. The van der Waals surface area contributed by atoms with Gasteiger partial charge in [-0.15, -0.1) is 0 Å². The van der Waals surface area contributed by atoms with Gasteiger partial charge in [-0.3, -0.25) is 14.7 Å². The molecule has 1 saturated heterocycles. The van der Waals surface area contributed by atoms with E-state index in [0.29, 0.717) is 11.5 Å². The van der Waals surface area contributed by atoms with Gasteiger partial charge in [0, 0.05) is 44.4 Å². The number of likely N-dealkylation sites (tertiary alicyclic amines) is 1. The van der Waals surface area contributed by atoms with Gasteiger partial charge in [-0.1, -0.05) is 30.3 Å². The molecular formula is C25H29N5O. The van der Waals surface area contributed by atoms with E-state index in [2.05, 4.69) is 55.9 Å². The molecule has 1 atom stereocenters. The fourth-order valence-electron chi connectivity index (χ4n) is 5.08. The van der Waals surface area contributed by atoms with Gasteiger partial charge >= 0.3 is 0 Å². The van der Waals surface area contributed by atoms with Crippen molar-refractivity contribution in [1.82, 2.24) is 24.3 Å². The molecule has 2 aromatic heterocycles. The van der Waals surface area contributed by atoms with E-state index in [4.69, 9.17) is 4.98 Å². The highest BCUT2D eigenvalue weighted by atomic mass is 16.2. The zero-order valence-electron chi connectivity index (χ0n) is 17.8. The molecule has 1 aromatic carbocycles. The summed E-state index contributed by atoms with van der Waals surface area (Å²) in [5.41, 5.74) is 2.02. The molecule has 0 spiro atoms. The highest BCUT2D eigenvalue weighted by Crippen LogP contribution is 2.37. The van der Waals surface area contributed by atoms with Crippen molar-refractivity contribution in [1.29, 1.82) is 0 Å². The Morgan fingerprint density at radius 2 is 1.81 bits per heavy atom. The quantitative estimate of drug-likeness (QED) is 0.651. The van der Waals surface area contributed by atoms with Crippen LogP contribution in [0.5, 0.6) is 0 Å². The molecule has 31 heavy (non-hydrogen) atoms. The largest absolute Gasteiger partial charge is 0.333 e. The molecule has 1 amide bonds. The maximum atomic E-state index is 13.5. The fraction of sp³-hybridized carbons (Fsp3) is 0.400. The predicted molar refractivity (Wildman–Crippen MR) is 119 cm³/mol. The van der Waals surface area contributed by atoms with Gasteiger partial charge in [0.15, 0.2) is 0 Å². The average Bonchev–Trinajstić information content (AvgIpc) is 3.20. The first-order valence-corrected chi connectivity index (χ1v) is 11.3. The summed E-state index contributed by atoms with van der Waals surface area (Å²) in [6, 6.07) is 14.4. The van der Waals surface area contributed by atoms with E-state index < -0.39 is 0 Å². The van der Waals surface area contributed by atoms with E-state index in [1.54, 1.807) is 12.4 Å². The van der Waals surface area contributed by atoms with Gasteiger partial charge in [0.1, 0.15) is 5.82 Å². The molecule has 6 heteroatoms. The number of hydrogen-bond acceptors (Lipinski definition) is 4. The van der Waals surface area contributed by atoms with E-state index >= 15 is 0 Å². The minimum Gasteiger partial charge on any atom is -0.333 e. The molecule has 4 heterocycles. The number of carbonyl (C=O) groups is 1. The van der Waals surface area contributed by atoms with Crippen molar-refractivity contribution < 1.29 is 4.79 Å². The molecule has 0 aliphatic carbocycles. The summed E-state index contributed by atoms with van der Waals surface area (Å²) in [5.74, 6) is 1.52. The lowest BCUT2D eigenvalue weighted by molar-refractivity contribution is 0.0500. The first-order valence-electron chi connectivity index (χ1n) is 11.3. The monoisotopic (exact) mass is 415 g/mol. The van der Waals surface area contributed by atoms with Crippen molar-refractivity contribution in [3.05, 3.63) is 84.2 Å². The second-order valence-corrected chi connectivity index (χ2v) is 8.62. The first kappa shape index (κ1) is 19.9. The van der Waals surface area contributed by atoms with Gasteiger partial charge in [0.05, 0.1) is 11.6 Å². The molecule has 0 bridgehead atoms.